The highest BCUT2D eigenvalue weighted by Gasteiger charge is 2.32. The van der Waals surface area contributed by atoms with Gasteiger partial charge in [0.05, 0.1) is 0 Å². The fourth-order valence-corrected chi connectivity index (χ4v) is 1.82. The van der Waals surface area contributed by atoms with Gasteiger partial charge in [-0.3, -0.25) is 9.48 Å². The number of fused-ring (bicyclic) bond motifs is 1. The summed E-state index contributed by atoms with van der Waals surface area (Å²) in [5.74, 6) is 0.399. The van der Waals surface area contributed by atoms with Crippen molar-refractivity contribution in [2.24, 2.45) is 5.41 Å². The zero-order valence-corrected chi connectivity index (χ0v) is 7.87. The molecule has 0 aromatic carbocycles. The molecule has 1 aromatic heterocycles. The lowest BCUT2D eigenvalue weighted by Crippen LogP contribution is -2.21. The van der Waals surface area contributed by atoms with Crippen molar-refractivity contribution in [2.45, 2.75) is 26.9 Å². The van der Waals surface area contributed by atoms with Gasteiger partial charge in [0.25, 0.3) is 5.56 Å². The van der Waals surface area contributed by atoms with Gasteiger partial charge in [0.15, 0.2) is 0 Å². The molecule has 0 amide bonds. The number of hydrogen-bond acceptors (Lipinski definition) is 3. The van der Waals surface area contributed by atoms with E-state index in [0.29, 0.717) is 12.4 Å². The minimum Gasteiger partial charge on any atom is -0.391 e. The molecule has 1 aliphatic rings. The highest BCUT2D eigenvalue weighted by Crippen LogP contribution is 2.29. The molecule has 0 bridgehead atoms. The molecule has 4 N–H and O–H groups in total. The number of hydrogen-bond donors (Lipinski definition) is 2. The summed E-state index contributed by atoms with van der Waals surface area (Å²) >= 11 is 0. The Kier molecular flexibility index (Phi) is 1.33. The third kappa shape index (κ3) is 0.961. The Morgan fingerprint density at radius 2 is 1.77 bits per heavy atom. The number of nitrogens with zero attached hydrogens (tertiary/aromatic N) is 2. The van der Waals surface area contributed by atoms with Gasteiger partial charge in [-0.25, -0.2) is 4.68 Å². The van der Waals surface area contributed by atoms with E-state index in [1.54, 1.807) is 9.36 Å². The van der Waals surface area contributed by atoms with Gasteiger partial charge in [0.1, 0.15) is 11.5 Å². The highest BCUT2D eigenvalue weighted by atomic mass is 16.1. The number of nitrogen functional groups attached to an aromatic ring is 2. The minimum absolute atomic E-state index is 0.0982. The van der Waals surface area contributed by atoms with Crippen LogP contribution in [0.3, 0.4) is 0 Å². The largest absolute Gasteiger partial charge is 0.391 e. The summed E-state index contributed by atoms with van der Waals surface area (Å²) in [6.45, 7) is 5.64. The van der Waals surface area contributed by atoms with Gasteiger partial charge in [-0.05, 0) is 0 Å². The van der Waals surface area contributed by atoms with Crippen molar-refractivity contribution in [1.29, 1.82) is 0 Å². The quantitative estimate of drug-likeness (QED) is 0.585. The van der Waals surface area contributed by atoms with Crippen LogP contribution in [0.15, 0.2) is 4.79 Å². The fraction of sp³-hybridized carbons (Fsp3) is 0.625. The predicted molar refractivity (Wildman–Crippen MR) is 51.3 cm³/mol. The van der Waals surface area contributed by atoms with Crippen LogP contribution < -0.4 is 17.0 Å². The van der Waals surface area contributed by atoms with Gasteiger partial charge in [-0.15, -0.1) is 0 Å². The standard InChI is InChI=1S/C8H14N4O/c1-8(2)3-11-6(10)5(9)7(13)12(11)4-8/h3-4,9-10H2,1-2H3. The topological polar surface area (TPSA) is 79.0 Å². The zero-order chi connectivity index (χ0) is 9.80. The van der Waals surface area contributed by atoms with Crippen LogP contribution >= 0.6 is 0 Å². The molecular formula is C8H14N4O. The van der Waals surface area contributed by atoms with E-state index in [-0.39, 0.29) is 16.7 Å². The molecule has 13 heavy (non-hydrogen) atoms. The first-order chi connectivity index (χ1) is 5.92. The molecule has 72 valence electrons. The molecule has 0 radical (unpaired) electrons. The summed E-state index contributed by atoms with van der Waals surface area (Å²) in [5.41, 5.74) is 11.3. The monoisotopic (exact) mass is 182 g/mol. The SMILES string of the molecule is CC1(C)Cn2c(N)c(N)c(=O)n2C1. The molecule has 0 fully saturated rings. The second kappa shape index (κ2) is 2.10. The van der Waals surface area contributed by atoms with Crippen LogP contribution in [0, 0.1) is 5.41 Å². The Bertz CT molecular complexity index is 413. The first kappa shape index (κ1) is 8.22. The van der Waals surface area contributed by atoms with Gasteiger partial charge in [-0.2, -0.15) is 0 Å². The number of anilines is 2. The summed E-state index contributed by atoms with van der Waals surface area (Å²) in [6.07, 6.45) is 0. The maximum absolute atomic E-state index is 11.5. The lowest BCUT2D eigenvalue weighted by Gasteiger charge is -2.13. The average molecular weight is 182 g/mol. The number of aromatic nitrogens is 2. The molecule has 0 atom stereocenters. The van der Waals surface area contributed by atoms with Gasteiger partial charge >= 0.3 is 0 Å². The van der Waals surface area contributed by atoms with Crippen LogP contribution in [0.1, 0.15) is 13.8 Å². The van der Waals surface area contributed by atoms with Crippen LogP contribution in [0.4, 0.5) is 11.5 Å². The number of rotatable bonds is 0. The van der Waals surface area contributed by atoms with Crippen LogP contribution in [0.5, 0.6) is 0 Å². The van der Waals surface area contributed by atoms with Crippen molar-refractivity contribution >= 4 is 11.5 Å². The van der Waals surface area contributed by atoms with E-state index in [1.807, 2.05) is 0 Å². The summed E-state index contributed by atoms with van der Waals surface area (Å²) in [5, 5.41) is 0. The van der Waals surface area contributed by atoms with E-state index in [9.17, 15) is 4.79 Å². The van der Waals surface area contributed by atoms with E-state index in [2.05, 4.69) is 13.8 Å². The summed E-state index contributed by atoms with van der Waals surface area (Å²) in [7, 11) is 0. The van der Waals surface area contributed by atoms with Gasteiger partial charge in [0.2, 0.25) is 0 Å². The number of nitrogens with two attached hydrogens (primary N) is 2. The van der Waals surface area contributed by atoms with Gasteiger partial charge in [0, 0.05) is 18.5 Å². The molecule has 1 aromatic rings. The first-order valence-electron chi connectivity index (χ1n) is 4.27. The Hall–Kier alpha value is -1.39. The van der Waals surface area contributed by atoms with Crippen molar-refractivity contribution in [1.82, 2.24) is 9.36 Å². The Morgan fingerprint density at radius 3 is 2.31 bits per heavy atom. The Balaban J connectivity index is 2.63. The van der Waals surface area contributed by atoms with Crippen molar-refractivity contribution in [3.8, 4) is 0 Å². The van der Waals surface area contributed by atoms with E-state index < -0.39 is 0 Å². The third-order valence-corrected chi connectivity index (χ3v) is 2.47. The Labute approximate surface area is 75.9 Å². The van der Waals surface area contributed by atoms with Crippen molar-refractivity contribution in [2.75, 3.05) is 11.5 Å². The van der Waals surface area contributed by atoms with E-state index in [4.69, 9.17) is 11.5 Å². The second-order valence-electron chi connectivity index (χ2n) is 4.38. The molecule has 0 saturated heterocycles. The maximum Gasteiger partial charge on any atom is 0.292 e. The average Bonchev–Trinajstić information content (AvgIpc) is 2.44. The molecule has 0 unspecified atom stereocenters. The van der Waals surface area contributed by atoms with Crippen LogP contribution in [-0.2, 0) is 13.1 Å². The van der Waals surface area contributed by atoms with Gasteiger partial charge in [-0.1, -0.05) is 13.8 Å². The van der Waals surface area contributed by atoms with Gasteiger partial charge < -0.3 is 11.5 Å². The molecular weight excluding hydrogens is 168 g/mol. The lowest BCUT2D eigenvalue weighted by atomic mass is 9.95. The maximum atomic E-state index is 11.5. The zero-order valence-electron chi connectivity index (χ0n) is 7.87. The second-order valence-corrected chi connectivity index (χ2v) is 4.38. The fourth-order valence-electron chi connectivity index (χ4n) is 1.82. The molecule has 0 aliphatic carbocycles. The van der Waals surface area contributed by atoms with E-state index >= 15 is 0 Å². The molecule has 5 nitrogen and oxygen atoms in total. The summed E-state index contributed by atoms with van der Waals surface area (Å²) in [6, 6.07) is 0. The molecule has 2 heterocycles. The van der Waals surface area contributed by atoms with Crippen molar-refractivity contribution in [3.05, 3.63) is 10.4 Å². The molecule has 1 aliphatic heterocycles. The smallest absolute Gasteiger partial charge is 0.292 e. The lowest BCUT2D eigenvalue weighted by molar-refractivity contribution is 0.348. The molecule has 0 saturated carbocycles. The third-order valence-electron chi connectivity index (χ3n) is 2.47. The van der Waals surface area contributed by atoms with Crippen LogP contribution in [0.25, 0.3) is 0 Å². The predicted octanol–water partition coefficient (Wildman–Crippen LogP) is -0.146. The highest BCUT2D eigenvalue weighted by molar-refractivity contribution is 5.57. The van der Waals surface area contributed by atoms with Crippen molar-refractivity contribution < 1.29 is 0 Å². The van der Waals surface area contributed by atoms with Crippen LogP contribution in [0.2, 0.25) is 0 Å². The first-order valence-corrected chi connectivity index (χ1v) is 4.27. The normalized spacial score (nSPS) is 18.9. The molecule has 2 rings (SSSR count). The van der Waals surface area contributed by atoms with E-state index in [0.717, 1.165) is 6.54 Å². The summed E-state index contributed by atoms with van der Waals surface area (Å²) in [4.78, 5) is 11.5. The minimum atomic E-state index is -0.164. The molecule has 0 spiro atoms. The summed E-state index contributed by atoms with van der Waals surface area (Å²) < 4.78 is 3.38. The van der Waals surface area contributed by atoms with Crippen molar-refractivity contribution in [3.63, 3.8) is 0 Å². The molecule has 5 heteroatoms. The van der Waals surface area contributed by atoms with Crippen LogP contribution in [-0.4, -0.2) is 9.36 Å². The van der Waals surface area contributed by atoms with E-state index in [1.165, 1.54) is 0 Å². The Morgan fingerprint density at radius 1 is 1.23 bits per heavy atom.